The van der Waals surface area contributed by atoms with E-state index < -0.39 is 0 Å². The number of amides is 1. The average Bonchev–Trinajstić information content (AvgIpc) is 3.25. The van der Waals surface area contributed by atoms with Crippen LogP contribution >= 0.6 is 11.3 Å². The molecule has 2 aromatic heterocycles. The molecule has 29 heavy (non-hydrogen) atoms. The van der Waals surface area contributed by atoms with Crippen LogP contribution in [0.5, 0.6) is 0 Å². The van der Waals surface area contributed by atoms with E-state index >= 15 is 0 Å². The number of piperidine rings is 1. The number of hydrogen-bond acceptors (Lipinski definition) is 5. The number of benzene rings is 1. The second-order valence-corrected chi connectivity index (χ2v) is 8.72. The van der Waals surface area contributed by atoms with Gasteiger partial charge in [-0.3, -0.25) is 14.5 Å². The van der Waals surface area contributed by atoms with Crippen molar-refractivity contribution >= 4 is 28.2 Å². The van der Waals surface area contributed by atoms with Gasteiger partial charge in [0.25, 0.3) is 5.91 Å². The number of aryl methyl sites for hydroxylation is 2. The Morgan fingerprint density at radius 1 is 1.17 bits per heavy atom. The predicted octanol–water partition coefficient (Wildman–Crippen LogP) is 4.43. The summed E-state index contributed by atoms with van der Waals surface area (Å²) in [5, 5.41) is 5.57. The Balaban J connectivity index is 1.55. The molecule has 0 saturated carbocycles. The lowest BCUT2D eigenvalue weighted by Crippen LogP contribution is -2.40. The summed E-state index contributed by atoms with van der Waals surface area (Å²) in [6.07, 6.45) is 3.64. The number of fused-ring (bicyclic) bond motifs is 1. The zero-order valence-corrected chi connectivity index (χ0v) is 17.7. The van der Waals surface area contributed by atoms with Crippen molar-refractivity contribution in [2.75, 3.05) is 19.6 Å². The number of carbonyl (C=O) groups is 1. The summed E-state index contributed by atoms with van der Waals surface area (Å²) < 4.78 is 5.79. The lowest BCUT2D eigenvalue weighted by atomic mass is 10.1. The van der Waals surface area contributed by atoms with Crippen LogP contribution in [0.3, 0.4) is 0 Å². The van der Waals surface area contributed by atoms with Gasteiger partial charge in [0.2, 0.25) is 0 Å². The molecule has 0 spiro atoms. The summed E-state index contributed by atoms with van der Waals surface area (Å²) in [5.41, 5.74) is 2.32. The molecular weight excluding hydrogens is 384 g/mol. The van der Waals surface area contributed by atoms with E-state index in [2.05, 4.69) is 21.7 Å². The minimum Gasteiger partial charge on any atom is -0.451 e. The Labute approximate surface area is 174 Å². The molecule has 1 fully saturated rings. The maximum atomic E-state index is 12.8. The van der Waals surface area contributed by atoms with Gasteiger partial charge in [0.1, 0.15) is 5.58 Å². The Bertz CT molecular complexity index is 1070. The zero-order valence-electron chi connectivity index (χ0n) is 16.9. The summed E-state index contributed by atoms with van der Waals surface area (Å²) in [6.45, 7) is 6.50. The van der Waals surface area contributed by atoms with E-state index in [1.165, 1.54) is 30.2 Å². The topological polar surface area (TPSA) is 62.6 Å². The van der Waals surface area contributed by atoms with Crippen LogP contribution in [0.1, 0.15) is 51.9 Å². The number of thiophene rings is 1. The van der Waals surface area contributed by atoms with Gasteiger partial charge in [-0.15, -0.1) is 11.3 Å². The highest BCUT2D eigenvalue weighted by Gasteiger charge is 2.24. The Hall–Kier alpha value is -2.44. The Morgan fingerprint density at radius 3 is 2.66 bits per heavy atom. The second kappa shape index (κ2) is 8.51. The first-order valence-electron chi connectivity index (χ1n) is 10.1. The summed E-state index contributed by atoms with van der Waals surface area (Å²) in [7, 11) is 0. The number of nitrogens with zero attached hydrogens (tertiary/aromatic N) is 1. The molecule has 0 aliphatic carbocycles. The third kappa shape index (κ3) is 4.28. The van der Waals surface area contributed by atoms with Gasteiger partial charge in [0.05, 0.1) is 11.4 Å². The highest BCUT2D eigenvalue weighted by Crippen LogP contribution is 2.27. The SMILES string of the molecule is Cc1cc2oc(C(=O)NCC(c3cccs3)N3CCCCC3)cc(=O)c2cc1C. The van der Waals surface area contributed by atoms with Crippen LogP contribution in [0, 0.1) is 13.8 Å². The van der Waals surface area contributed by atoms with Crippen molar-refractivity contribution in [3.05, 3.63) is 67.7 Å². The fourth-order valence-electron chi connectivity index (χ4n) is 3.92. The van der Waals surface area contributed by atoms with E-state index in [9.17, 15) is 9.59 Å². The normalized spacial score (nSPS) is 16.1. The van der Waals surface area contributed by atoms with E-state index in [1.54, 1.807) is 11.3 Å². The smallest absolute Gasteiger partial charge is 0.287 e. The number of hydrogen-bond donors (Lipinski definition) is 1. The average molecular weight is 411 g/mol. The van der Waals surface area contributed by atoms with E-state index in [4.69, 9.17) is 4.42 Å². The highest BCUT2D eigenvalue weighted by molar-refractivity contribution is 7.10. The number of carbonyl (C=O) groups excluding carboxylic acids is 1. The molecule has 1 saturated heterocycles. The van der Waals surface area contributed by atoms with Crippen LogP contribution in [-0.4, -0.2) is 30.4 Å². The van der Waals surface area contributed by atoms with Gasteiger partial charge < -0.3 is 9.73 Å². The standard InChI is InChI=1S/C23H26N2O3S/c1-15-11-17-19(26)13-21(28-20(17)12-16(15)2)23(27)24-14-18(22-7-6-10-29-22)25-8-4-3-5-9-25/h6-7,10-13,18H,3-5,8-9,14H2,1-2H3,(H,24,27). The first-order chi connectivity index (χ1) is 14.0. The van der Waals surface area contributed by atoms with Crippen LogP contribution in [0.15, 0.2) is 44.9 Å². The van der Waals surface area contributed by atoms with E-state index in [0.29, 0.717) is 17.5 Å². The van der Waals surface area contributed by atoms with Crippen LogP contribution < -0.4 is 10.7 Å². The predicted molar refractivity (Wildman–Crippen MR) is 117 cm³/mol. The van der Waals surface area contributed by atoms with E-state index in [1.807, 2.05) is 32.0 Å². The summed E-state index contributed by atoms with van der Waals surface area (Å²) in [5.74, 6) is -0.282. The van der Waals surface area contributed by atoms with Crippen molar-refractivity contribution in [3.8, 4) is 0 Å². The maximum absolute atomic E-state index is 12.8. The lowest BCUT2D eigenvalue weighted by Gasteiger charge is -2.34. The molecule has 1 atom stereocenters. The van der Waals surface area contributed by atoms with Crippen LogP contribution in [0.4, 0.5) is 0 Å². The van der Waals surface area contributed by atoms with Crippen molar-refractivity contribution in [3.63, 3.8) is 0 Å². The Kier molecular flexibility index (Phi) is 5.83. The van der Waals surface area contributed by atoms with Crippen LogP contribution in [0.2, 0.25) is 0 Å². The number of likely N-dealkylation sites (tertiary alicyclic amines) is 1. The minimum absolute atomic E-state index is 0.0642. The molecule has 5 nitrogen and oxygen atoms in total. The Morgan fingerprint density at radius 2 is 1.93 bits per heavy atom. The van der Waals surface area contributed by atoms with Crippen molar-refractivity contribution in [2.45, 2.75) is 39.2 Å². The lowest BCUT2D eigenvalue weighted by molar-refractivity contribution is 0.0899. The molecule has 4 rings (SSSR count). The van der Waals surface area contributed by atoms with Crippen molar-refractivity contribution in [1.29, 1.82) is 0 Å². The molecule has 1 aliphatic rings. The van der Waals surface area contributed by atoms with Crippen molar-refractivity contribution in [2.24, 2.45) is 0 Å². The highest BCUT2D eigenvalue weighted by atomic mass is 32.1. The molecule has 1 amide bonds. The maximum Gasteiger partial charge on any atom is 0.287 e. The summed E-state index contributed by atoms with van der Waals surface area (Å²) >= 11 is 1.71. The molecule has 1 N–H and O–H groups in total. The minimum atomic E-state index is -0.346. The molecule has 6 heteroatoms. The molecular formula is C23H26N2O3S. The van der Waals surface area contributed by atoms with Crippen molar-refractivity contribution < 1.29 is 9.21 Å². The third-order valence-electron chi connectivity index (χ3n) is 5.73. The molecule has 0 bridgehead atoms. The van der Waals surface area contributed by atoms with Gasteiger partial charge in [-0.1, -0.05) is 12.5 Å². The quantitative estimate of drug-likeness (QED) is 0.676. The summed E-state index contributed by atoms with van der Waals surface area (Å²) in [6, 6.07) is 9.26. The molecule has 152 valence electrons. The molecule has 3 aromatic rings. The van der Waals surface area contributed by atoms with Gasteiger partial charge >= 0.3 is 0 Å². The molecule has 3 heterocycles. The fraction of sp³-hybridized carbons (Fsp3) is 0.391. The van der Waals surface area contributed by atoms with E-state index in [-0.39, 0.29) is 23.1 Å². The monoisotopic (exact) mass is 410 g/mol. The molecule has 1 unspecified atom stereocenters. The molecule has 1 aliphatic heterocycles. The summed E-state index contributed by atoms with van der Waals surface area (Å²) in [4.78, 5) is 29.0. The fourth-order valence-corrected chi connectivity index (χ4v) is 4.78. The third-order valence-corrected chi connectivity index (χ3v) is 6.70. The van der Waals surface area contributed by atoms with Crippen molar-refractivity contribution in [1.82, 2.24) is 10.2 Å². The van der Waals surface area contributed by atoms with E-state index in [0.717, 1.165) is 24.2 Å². The van der Waals surface area contributed by atoms with Gasteiger partial charge in [-0.25, -0.2) is 0 Å². The van der Waals surface area contributed by atoms with Gasteiger partial charge in [0.15, 0.2) is 11.2 Å². The van der Waals surface area contributed by atoms with Gasteiger partial charge in [-0.2, -0.15) is 0 Å². The van der Waals surface area contributed by atoms with Gasteiger partial charge in [0, 0.05) is 17.5 Å². The first kappa shape index (κ1) is 19.9. The number of nitrogens with one attached hydrogen (secondary N) is 1. The first-order valence-corrected chi connectivity index (χ1v) is 11.0. The van der Waals surface area contributed by atoms with Crippen LogP contribution in [0.25, 0.3) is 11.0 Å². The van der Waals surface area contributed by atoms with Crippen LogP contribution in [-0.2, 0) is 0 Å². The second-order valence-electron chi connectivity index (χ2n) is 7.75. The van der Waals surface area contributed by atoms with Gasteiger partial charge in [-0.05, 0) is 74.5 Å². The number of rotatable bonds is 5. The largest absolute Gasteiger partial charge is 0.451 e. The molecule has 1 aromatic carbocycles. The zero-order chi connectivity index (χ0) is 20.4. The molecule has 0 radical (unpaired) electrons.